The van der Waals surface area contributed by atoms with Crippen LogP contribution in [-0.2, 0) is 0 Å². The maximum absolute atomic E-state index is 12.9. The van der Waals surface area contributed by atoms with E-state index in [9.17, 15) is 9.18 Å². The number of hydrogen-bond donors (Lipinski definition) is 2. The highest BCUT2D eigenvalue weighted by molar-refractivity contribution is 7.14. The predicted molar refractivity (Wildman–Crippen MR) is 101 cm³/mol. The zero-order valence-electron chi connectivity index (χ0n) is 13.9. The first kappa shape index (κ1) is 17.1. The van der Waals surface area contributed by atoms with Crippen molar-refractivity contribution in [2.45, 2.75) is 19.8 Å². The summed E-state index contributed by atoms with van der Waals surface area (Å²) in [7, 11) is 0. The van der Waals surface area contributed by atoms with Crippen molar-refractivity contribution in [1.29, 1.82) is 0 Å². The third kappa shape index (κ3) is 4.42. The van der Waals surface area contributed by atoms with Crippen molar-refractivity contribution in [1.82, 2.24) is 4.98 Å². The fourth-order valence-corrected chi connectivity index (χ4v) is 3.01. The minimum Gasteiger partial charge on any atom is -0.308 e. The van der Waals surface area contributed by atoms with Gasteiger partial charge in [-0.25, -0.2) is 14.2 Å². The van der Waals surface area contributed by atoms with Crippen molar-refractivity contribution in [2.75, 3.05) is 10.6 Å². The molecule has 0 radical (unpaired) electrons. The summed E-state index contributed by atoms with van der Waals surface area (Å²) < 4.78 is 12.9. The molecule has 2 N–H and O–H groups in total. The molecular weight excluding hydrogens is 337 g/mol. The summed E-state index contributed by atoms with van der Waals surface area (Å²) in [6.07, 6.45) is 0. The zero-order chi connectivity index (χ0) is 17.8. The number of aromatic nitrogens is 1. The highest BCUT2D eigenvalue weighted by Crippen LogP contribution is 2.26. The number of anilines is 2. The minimum absolute atomic E-state index is 0.348. The van der Waals surface area contributed by atoms with Crippen molar-refractivity contribution in [3.63, 3.8) is 0 Å². The summed E-state index contributed by atoms with van der Waals surface area (Å²) >= 11 is 1.35. The molecule has 1 aromatic heterocycles. The molecule has 0 spiro atoms. The van der Waals surface area contributed by atoms with E-state index in [4.69, 9.17) is 0 Å². The molecule has 0 saturated heterocycles. The van der Waals surface area contributed by atoms with E-state index in [-0.39, 0.29) is 5.82 Å². The van der Waals surface area contributed by atoms with Gasteiger partial charge < -0.3 is 5.32 Å². The number of halogens is 1. The van der Waals surface area contributed by atoms with E-state index in [0.717, 1.165) is 11.3 Å². The molecule has 0 atom stereocenters. The quantitative estimate of drug-likeness (QED) is 0.629. The van der Waals surface area contributed by atoms with Crippen LogP contribution in [0.4, 0.5) is 20.0 Å². The molecule has 0 aliphatic heterocycles. The van der Waals surface area contributed by atoms with Crippen LogP contribution in [0.25, 0.3) is 11.3 Å². The molecule has 3 rings (SSSR count). The first-order valence-corrected chi connectivity index (χ1v) is 8.78. The molecule has 0 aliphatic carbocycles. The molecule has 0 fully saturated rings. The molecule has 0 unspecified atom stereocenters. The average molecular weight is 355 g/mol. The van der Waals surface area contributed by atoms with Crippen LogP contribution in [0.5, 0.6) is 0 Å². The van der Waals surface area contributed by atoms with Crippen molar-refractivity contribution in [3.8, 4) is 11.3 Å². The van der Waals surface area contributed by atoms with Gasteiger partial charge in [0.2, 0.25) is 0 Å². The van der Waals surface area contributed by atoms with Crippen LogP contribution in [0.15, 0.2) is 53.9 Å². The van der Waals surface area contributed by atoms with Crippen LogP contribution in [-0.4, -0.2) is 11.0 Å². The zero-order valence-corrected chi connectivity index (χ0v) is 14.7. The lowest BCUT2D eigenvalue weighted by atomic mass is 10.0. The summed E-state index contributed by atoms with van der Waals surface area (Å²) in [5.74, 6) is 0.135. The summed E-state index contributed by atoms with van der Waals surface area (Å²) in [6, 6.07) is 13.4. The first-order chi connectivity index (χ1) is 12.0. The second-order valence-corrected chi connectivity index (χ2v) is 6.76. The number of nitrogens with zero attached hydrogens (tertiary/aromatic N) is 1. The summed E-state index contributed by atoms with van der Waals surface area (Å²) in [4.78, 5) is 16.4. The van der Waals surface area contributed by atoms with Gasteiger partial charge in [0.05, 0.1) is 5.69 Å². The first-order valence-electron chi connectivity index (χ1n) is 7.90. The fourth-order valence-electron chi connectivity index (χ4n) is 2.30. The molecule has 3 aromatic rings. The van der Waals surface area contributed by atoms with Gasteiger partial charge in [0.25, 0.3) is 0 Å². The smallest absolute Gasteiger partial charge is 0.308 e. The Bertz CT molecular complexity index is 857. The van der Waals surface area contributed by atoms with Gasteiger partial charge in [0.1, 0.15) is 5.82 Å². The number of urea groups is 1. The molecule has 0 saturated carbocycles. The second-order valence-electron chi connectivity index (χ2n) is 5.90. The molecule has 2 aromatic carbocycles. The van der Waals surface area contributed by atoms with Gasteiger partial charge in [0.15, 0.2) is 5.13 Å². The molecule has 2 amide bonds. The maximum Gasteiger partial charge on any atom is 0.325 e. The normalized spacial score (nSPS) is 10.7. The standard InChI is InChI=1S/C19H18FN3OS/c1-12(2)13-3-5-14(6-4-13)17-11-25-19(22-17)23-18(24)21-16-9-7-15(20)8-10-16/h3-12H,1-2H3,(H2,21,22,23,24). The Morgan fingerprint density at radius 3 is 2.36 bits per heavy atom. The highest BCUT2D eigenvalue weighted by atomic mass is 32.1. The van der Waals surface area contributed by atoms with Crippen LogP contribution in [0.1, 0.15) is 25.3 Å². The van der Waals surface area contributed by atoms with Crippen molar-refractivity contribution in [2.24, 2.45) is 0 Å². The van der Waals surface area contributed by atoms with Crippen LogP contribution >= 0.6 is 11.3 Å². The van der Waals surface area contributed by atoms with E-state index in [1.807, 2.05) is 17.5 Å². The number of rotatable bonds is 4. The van der Waals surface area contributed by atoms with Crippen molar-refractivity contribution in [3.05, 3.63) is 65.3 Å². The maximum atomic E-state index is 12.9. The number of carbonyl (C=O) groups excluding carboxylic acids is 1. The van der Waals surface area contributed by atoms with E-state index in [1.165, 1.54) is 41.2 Å². The van der Waals surface area contributed by atoms with Gasteiger partial charge in [-0.3, -0.25) is 5.32 Å². The summed E-state index contributed by atoms with van der Waals surface area (Å²) in [6.45, 7) is 4.30. The van der Waals surface area contributed by atoms with E-state index >= 15 is 0 Å². The second kappa shape index (κ2) is 7.44. The summed E-state index contributed by atoms with van der Waals surface area (Å²) in [5.41, 5.74) is 3.61. The lowest BCUT2D eigenvalue weighted by Crippen LogP contribution is -2.19. The largest absolute Gasteiger partial charge is 0.325 e. The Hall–Kier alpha value is -2.73. The van der Waals surface area contributed by atoms with Gasteiger partial charge in [-0.05, 0) is 35.7 Å². The van der Waals surface area contributed by atoms with Crippen LogP contribution < -0.4 is 10.6 Å². The highest BCUT2D eigenvalue weighted by Gasteiger charge is 2.09. The molecular formula is C19H18FN3OS. The van der Waals surface area contributed by atoms with Crippen molar-refractivity contribution < 1.29 is 9.18 Å². The van der Waals surface area contributed by atoms with Gasteiger partial charge in [-0.1, -0.05) is 38.1 Å². The van der Waals surface area contributed by atoms with Gasteiger partial charge in [0, 0.05) is 16.6 Å². The van der Waals surface area contributed by atoms with E-state index in [0.29, 0.717) is 16.7 Å². The van der Waals surface area contributed by atoms with E-state index < -0.39 is 6.03 Å². The lowest BCUT2D eigenvalue weighted by Gasteiger charge is -2.06. The molecule has 25 heavy (non-hydrogen) atoms. The molecule has 6 heteroatoms. The van der Waals surface area contributed by atoms with E-state index in [1.54, 1.807) is 0 Å². The number of benzene rings is 2. The number of hydrogen-bond acceptors (Lipinski definition) is 3. The molecule has 4 nitrogen and oxygen atoms in total. The molecule has 1 heterocycles. The molecule has 0 aliphatic rings. The Morgan fingerprint density at radius 1 is 1.04 bits per heavy atom. The Morgan fingerprint density at radius 2 is 1.72 bits per heavy atom. The lowest BCUT2D eigenvalue weighted by molar-refractivity contribution is 0.262. The van der Waals surface area contributed by atoms with Crippen LogP contribution in [0.3, 0.4) is 0 Å². The van der Waals surface area contributed by atoms with E-state index in [2.05, 4.69) is 41.6 Å². The van der Waals surface area contributed by atoms with Gasteiger partial charge in [-0.2, -0.15) is 0 Å². The number of amides is 2. The number of thiazole rings is 1. The third-order valence-corrected chi connectivity index (χ3v) is 4.46. The van der Waals surface area contributed by atoms with Crippen LogP contribution in [0, 0.1) is 5.82 Å². The third-order valence-electron chi connectivity index (χ3n) is 3.70. The Labute approximate surface area is 149 Å². The van der Waals surface area contributed by atoms with Gasteiger partial charge >= 0.3 is 6.03 Å². The molecule has 0 bridgehead atoms. The average Bonchev–Trinajstić information content (AvgIpc) is 3.05. The Kier molecular flexibility index (Phi) is 5.09. The predicted octanol–water partition coefficient (Wildman–Crippen LogP) is 5.72. The number of nitrogens with one attached hydrogen (secondary N) is 2. The minimum atomic E-state index is -0.414. The van der Waals surface area contributed by atoms with Crippen molar-refractivity contribution >= 4 is 28.2 Å². The molecule has 128 valence electrons. The monoisotopic (exact) mass is 355 g/mol. The fraction of sp³-hybridized carbons (Fsp3) is 0.158. The SMILES string of the molecule is CC(C)c1ccc(-c2csc(NC(=O)Nc3ccc(F)cc3)n2)cc1. The number of carbonyl (C=O) groups is 1. The topological polar surface area (TPSA) is 54.0 Å². The summed E-state index contributed by atoms with van der Waals surface area (Å²) in [5, 5.41) is 7.73. The van der Waals surface area contributed by atoms with Gasteiger partial charge in [-0.15, -0.1) is 11.3 Å². The van der Waals surface area contributed by atoms with Crippen LogP contribution in [0.2, 0.25) is 0 Å². The Balaban J connectivity index is 1.64.